The second-order valence-electron chi connectivity index (χ2n) is 4.60. The number of nitrogens with one attached hydrogen (secondary N) is 1. The summed E-state index contributed by atoms with van der Waals surface area (Å²) in [7, 11) is -3.50. The van der Waals surface area contributed by atoms with Crippen molar-refractivity contribution in [3.05, 3.63) is 0 Å². The van der Waals surface area contributed by atoms with Gasteiger partial charge in [0.05, 0.1) is 5.92 Å². The molecule has 0 saturated carbocycles. The fraction of sp³-hybridized carbons (Fsp3) is 0.909. The van der Waals surface area contributed by atoms with E-state index >= 15 is 0 Å². The van der Waals surface area contributed by atoms with Gasteiger partial charge in [-0.05, 0) is 25.0 Å². The van der Waals surface area contributed by atoms with E-state index in [0.29, 0.717) is 31.6 Å². The maximum absolute atomic E-state index is 12.0. The van der Waals surface area contributed by atoms with Crippen molar-refractivity contribution in [1.29, 1.82) is 0 Å². The lowest BCUT2D eigenvalue weighted by Crippen LogP contribution is -2.46. The predicted molar refractivity (Wildman–Crippen MR) is 77.9 cm³/mol. The Morgan fingerprint density at radius 1 is 1.30 bits per heavy atom. The number of carbonyl (C=O) groups is 1. The Labute approximate surface area is 123 Å². The maximum Gasteiger partial charge on any atom is 0.306 e. The van der Waals surface area contributed by atoms with Gasteiger partial charge in [-0.3, -0.25) is 4.79 Å². The van der Waals surface area contributed by atoms with Crippen molar-refractivity contribution in [2.45, 2.75) is 19.3 Å². The SMILES string of the molecule is O=C(O)C1CCN(S(=O)(=O)NCCSCCCO)CC1. The maximum atomic E-state index is 12.0. The highest BCUT2D eigenvalue weighted by atomic mass is 32.2. The summed E-state index contributed by atoms with van der Waals surface area (Å²) < 4.78 is 27.8. The van der Waals surface area contributed by atoms with Crippen LogP contribution in [-0.2, 0) is 15.0 Å². The van der Waals surface area contributed by atoms with Gasteiger partial charge in [0.2, 0.25) is 0 Å². The first-order valence-corrected chi connectivity index (χ1v) is 9.23. The first-order valence-electron chi connectivity index (χ1n) is 6.63. The Kier molecular flexibility index (Phi) is 7.82. The molecule has 0 radical (unpaired) electrons. The van der Waals surface area contributed by atoms with Crippen LogP contribution in [0.2, 0.25) is 0 Å². The Morgan fingerprint density at radius 3 is 2.50 bits per heavy atom. The van der Waals surface area contributed by atoms with E-state index in [2.05, 4.69) is 4.72 Å². The Bertz CT molecular complexity index is 394. The number of nitrogens with zero attached hydrogens (tertiary/aromatic N) is 1. The third-order valence-corrected chi connectivity index (χ3v) is 5.80. The third kappa shape index (κ3) is 5.96. The van der Waals surface area contributed by atoms with Crippen molar-refractivity contribution in [3.63, 3.8) is 0 Å². The molecule has 0 aromatic rings. The van der Waals surface area contributed by atoms with Gasteiger partial charge in [-0.1, -0.05) is 0 Å². The fourth-order valence-electron chi connectivity index (χ4n) is 1.95. The molecule has 3 N–H and O–H groups in total. The minimum Gasteiger partial charge on any atom is -0.481 e. The summed E-state index contributed by atoms with van der Waals surface area (Å²) in [5.41, 5.74) is 0. The van der Waals surface area contributed by atoms with Gasteiger partial charge in [0.1, 0.15) is 0 Å². The van der Waals surface area contributed by atoms with E-state index in [9.17, 15) is 13.2 Å². The quantitative estimate of drug-likeness (QED) is 0.504. The molecule has 0 aromatic heterocycles. The van der Waals surface area contributed by atoms with Gasteiger partial charge in [0, 0.05) is 32.0 Å². The van der Waals surface area contributed by atoms with E-state index in [1.807, 2.05) is 0 Å². The van der Waals surface area contributed by atoms with Crippen molar-refractivity contribution in [2.75, 3.05) is 37.7 Å². The molecule has 1 aliphatic heterocycles. The number of carboxylic acids is 1. The number of aliphatic carboxylic acids is 1. The van der Waals surface area contributed by atoms with Crippen LogP contribution in [0.5, 0.6) is 0 Å². The average molecular weight is 326 g/mol. The minimum atomic E-state index is -3.50. The first kappa shape index (κ1) is 17.7. The molecule has 0 spiro atoms. The summed E-state index contributed by atoms with van der Waals surface area (Å²) in [5.74, 6) is 0.179. The van der Waals surface area contributed by atoms with Gasteiger partial charge in [0.15, 0.2) is 0 Å². The van der Waals surface area contributed by atoms with Crippen LogP contribution in [0.15, 0.2) is 0 Å². The van der Waals surface area contributed by atoms with Gasteiger partial charge in [-0.15, -0.1) is 0 Å². The molecule has 7 nitrogen and oxygen atoms in total. The van der Waals surface area contributed by atoms with Crippen molar-refractivity contribution in [3.8, 4) is 0 Å². The number of thioether (sulfide) groups is 1. The zero-order chi connectivity index (χ0) is 15.0. The zero-order valence-electron chi connectivity index (χ0n) is 11.3. The fourth-order valence-corrected chi connectivity index (χ4v) is 4.09. The number of hydrogen-bond donors (Lipinski definition) is 3. The molecule has 1 fully saturated rings. The predicted octanol–water partition coefficient (Wildman–Crippen LogP) is -0.267. The largest absolute Gasteiger partial charge is 0.481 e. The topological polar surface area (TPSA) is 107 Å². The second kappa shape index (κ2) is 8.83. The number of carboxylic acid groups (broad SMARTS) is 1. The van der Waals surface area contributed by atoms with Crippen LogP contribution in [0.1, 0.15) is 19.3 Å². The molecule has 0 aromatic carbocycles. The van der Waals surface area contributed by atoms with E-state index < -0.39 is 22.1 Å². The summed E-state index contributed by atoms with van der Waals surface area (Å²) in [5, 5.41) is 17.5. The van der Waals surface area contributed by atoms with Crippen molar-refractivity contribution < 1.29 is 23.4 Å². The molecule has 1 saturated heterocycles. The minimum absolute atomic E-state index is 0.150. The van der Waals surface area contributed by atoms with E-state index in [4.69, 9.17) is 10.2 Å². The van der Waals surface area contributed by atoms with Crippen molar-refractivity contribution in [2.24, 2.45) is 5.92 Å². The lowest BCUT2D eigenvalue weighted by molar-refractivity contribution is -0.142. The number of piperidine rings is 1. The van der Waals surface area contributed by atoms with Crippen LogP contribution in [0, 0.1) is 5.92 Å². The highest BCUT2D eigenvalue weighted by Gasteiger charge is 2.30. The molecule has 1 aliphatic rings. The van der Waals surface area contributed by atoms with Crippen LogP contribution >= 0.6 is 11.8 Å². The standard InChI is InChI=1S/C11H22N2O5S2/c14-7-1-8-19-9-4-12-20(17,18)13-5-2-10(3-6-13)11(15)16/h10,12,14H,1-9H2,(H,15,16). The highest BCUT2D eigenvalue weighted by Crippen LogP contribution is 2.19. The van der Waals surface area contributed by atoms with E-state index in [-0.39, 0.29) is 19.7 Å². The molecule has 0 aliphatic carbocycles. The van der Waals surface area contributed by atoms with Crippen LogP contribution in [0.4, 0.5) is 0 Å². The summed E-state index contributed by atoms with van der Waals surface area (Å²) in [4.78, 5) is 10.8. The normalized spacial score (nSPS) is 18.2. The van der Waals surface area contributed by atoms with Crippen molar-refractivity contribution >= 4 is 27.9 Å². The molecule has 0 atom stereocenters. The number of aliphatic hydroxyl groups is 1. The lowest BCUT2D eigenvalue weighted by Gasteiger charge is -2.29. The molecule has 118 valence electrons. The first-order chi connectivity index (χ1) is 9.47. The monoisotopic (exact) mass is 326 g/mol. The molecule has 0 amide bonds. The smallest absolute Gasteiger partial charge is 0.306 e. The number of aliphatic hydroxyl groups excluding tert-OH is 1. The van der Waals surface area contributed by atoms with Crippen LogP contribution in [0.25, 0.3) is 0 Å². The van der Waals surface area contributed by atoms with Gasteiger partial charge in [-0.2, -0.15) is 24.5 Å². The van der Waals surface area contributed by atoms with E-state index in [1.54, 1.807) is 11.8 Å². The average Bonchev–Trinajstić information content (AvgIpc) is 2.43. The molecule has 1 heterocycles. The van der Waals surface area contributed by atoms with Gasteiger partial charge >= 0.3 is 5.97 Å². The van der Waals surface area contributed by atoms with Crippen LogP contribution in [0.3, 0.4) is 0 Å². The zero-order valence-corrected chi connectivity index (χ0v) is 13.0. The van der Waals surface area contributed by atoms with Gasteiger partial charge in [-0.25, -0.2) is 4.72 Å². The molecule has 1 rings (SSSR count). The summed E-state index contributed by atoms with van der Waals surface area (Å²) in [6, 6.07) is 0. The Balaban J connectivity index is 2.26. The van der Waals surface area contributed by atoms with Crippen molar-refractivity contribution in [1.82, 2.24) is 9.03 Å². The summed E-state index contributed by atoms with van der Waals surface area (Å²) in [6.45, 7) is 1.00. The molecule has 0 unspecified atom stereocenters. The highest BCUT2D eigenvalue weighted by molar-refractivity contribution is 7.99. The molecule has 0 bridgehead atoms. The second-order valence-corrected chi connectivity index (χ2v) is 7.58. The van der Waals surface area contributed by atoms with Crippen LogP contribution in [-0.4, -0.2) is 66.7 Å². The number of rotatable bonds is 9. The lowest BCUT2D eigenvalue weighted by atomic mass is 9.99. The molecular formula is C11H22N2O5S2. The Morgan fingerprint density at radius 2 is 1.95 bits per heavy atom. The third-order valence-electron chi connectivity index (χ3n) is 3.12. The molecular weight excluding hydrogens is 304 g/mol. The molecule has 9 heteroatoms. The van der Waals surface area contributed by atoms with Gasteiger partial charge < -0.3 is 10.2 Å². The van der Waals surface area contributed by atoms with E-state index in [0.717, 1.165) is 5.75 Å². The number of hydrogen-bond acceptors (Lipinski definition) is 5. The Hall–Kier alpha value is -0.350. The summed E-state index contributed by atoms with van der Waals surface area (Å²) >= 11 is 1.59. The molecule has 20 heavy (non-hydrogen) atoms. The van der Waals surface area contributed by atoms with E-state index in [1.165, 1.54) is 4.31 Å². The van der Waals surface area contributed by atoms with Gasteiger partial charge in [0.25, 0.3) is 10.2 Å². The summed E-state index contributed by atoms with van der Waals surface area (Å²) in [6.07, 6.45) is 1.43. The van der Waals surface area contributed by atoms with Crippen LogP contribution < -0.4 is 4.72 Å².